The van der Waals surface area contributed by atoms with Crippen molar-refractivity contribution in [2.75, 3.05) is 25.0 Å². The number of amides is 4. The van der Waals surface area contributed by atoms with Crippen LogP contribution >= 0.6 is 0 Å². The molecule has 1 aromatic heterocycles. The van der Waals surface area contributed by atoms with Crippen LogP contribution in [0.4, 0.5) is 10.6 Å². The van der Waals surface area contributed by atoms with Crippen molar-refractivity contribution >= 4 is 29.6 Å². The zero-order valence-electron chi connectivity index (χ0n) is 32.4. The fourth-order valence-electron chi connectivity index (χ4n) is 5.95. The van der Waals surface area contributed by atoms with Crippen LogP contribution in [0.2, 0.25) is 0 Å². The number of hydrogen-bond acceptors (Lipinski definition) is 8. The topological polar surface area (TPSA) is 153 Å². The number of imidazole rings is 1. The zero-order chi connectivity index (χ0) is 39.6. The molecule has 1 unspecified atom stereocenters. The molecule has 0 aliphatic carbocycles. The van der Waals surface area contributed by atoms with Gasteiger partial charge in [-0.25, -0.2) is 9.78 Å². The largest absolute Gasteiger partial charge is 0.457 e. The van der Waals surface area contributed by atoms with Gasteiger partial charge in [0.15, 0.2) is 5.82 Å². The lowest BCUT2D eigenvalue weighted by Gasteiger charge is -2.33. The highest BCUT2D eigenvalue weighted by Gasteiger charge is 2.35. The molecule has 0 bridgehead atoms. The number of carbonyl (C=O) groups excluding carboxylic acids is 4. The first kappa shape index (κ1) is 40.5. The number of likely N-dealkylation sites (tertiary alicyclic amines) is 1. The van der Waals surface area contributed by atoms with E-state index >= 15 is 0 Å². The summed E-state index contributed by atoms with van der Waals surface area (Å²) in [5, 5.41) is 8.08. The second-order valence-corrected chi connectivity index (χ2v) is 15.4. The van der Waals surface area contributed by atoms with E-state index < -0.39 is 41.1 Å². The summed E-state index contributed by atoms with van der Waals surface area (Å²) in [4.78, 5) is 60.3. The Morgan fingerprint density at radius 3 is 2.11 bits per heavy atom. The molecule has 1 aliphatic heterocycles. The van der Waals surface area contributed by atoms with Crippen LogP contribution < -0.4 is 20.7 Å². The highest BCUT2D eigenvalue weighted by molar-refractivity contribution is 5.98. The van der Waals surface area contributed by atoms with E-state index in [0.29, 0.717) is 30.5 Å². The van der Waals surface area contributed by atoms with E-state index in [2.05, 4.69) is 27.9 Å². The number of aromatic nitrogens is 2. The lowest BCUT2D eigenvalue weighted by Crippen LogP contribution is -2.59. The summed E-state index contributed by atoms with van der Waals surface area (Å²) in [5.74, 6) is 0.715. The van der Waals surface area contributed by atoms with E-state index in [-0.39, 0.29) is 24.9 Å². The third-order valence-electron chi connectivity index (χ3n) is 9.05. The molecule has 5 rings (SSSR count). The Morgan fingerprint density at radius 2 is 1.47 bits per heavy atom. The SMILES string of the molecule is CC1CCN(C(=O)C(c2ccc(Oc3ccccc3)cc2)n2cnc(NC(=O)[C@@H](COCc3ccccc3)NC(=O)C(C)(C)NC(=O)OC(C)(C)C)c2)CC1. The minimum Gasteiger partial charge on any atom is -0.457 e. The molecule has 2 heterocycles. The number of alkyl carbamates (subject to hydrolysis) is 1. The van der Waals surface area contributed by atoms with Gasteiger partial charge in [-0.1, -0.05) is 67.6 Å². The van der Waals surface area contributed by atoms with Gasteiger partial charge in [-0.3, -0.25) is 14.4 Å². The maximum absolute atomic E-state index is 14.2. The number of ether oxygens (including phenoxy) is 3. The molecule has 0 saturated carbocycles. The van der Waals surface area contributed by atoms with E-state index in [9.17, 15) is 19.2 Å². The van der Waals surface area contributed by atoms with Crippen molar-refractivity contribution in [1.82, 2.24) is 25.1 Å². The van der Waals surface area contributed by atoms with Gasteiger partial charge in [-0.2, -0.15) is 0 Å². The number of nitrogens with zero attached hydrogens (tertiary/aromatic N) is 3. The normalized spacial score (nSPS) is 14.7. The number of hydrogen-bond donors (Lipinski definition) is 3. The lowest BCUT2D eigenvalue weighted by molar-refractivity contribution is -0.135. The second kappa shape index (κ2) is 18.1. The summed E-state index contributed by atoms with van der Waals surface area (Å²) in [7, 11) is 0. The fourth-order valence-corrected chi connectivity index (χ4v) is 5.95. The van der Waals surface area contributed by atoms with Gasteiger partial charge >= 0.3 is 6.09 Å². The maximum Gasteiger partial charge on any atom is 0.408 e. The van der Waals surface area contributed by atoms with Gasteiger partial charge in [-0.05, 0) is 88.8 Å². The molecule has 1 aliphatic rings. The van der Waals surface area contributed by atoms with E-state index in [1.807, 2.05) is 89.8 Å². The Bertz CT molecular complexity index is 1880. The zero-order valence-corrected chi connectivity index (χ0v) is 32.4. The van der Waals surface area contributed by atoms with Gasteiger partial charge in [0.2, 0.25) is 11.8 Å². The van der Waals surface area contributed by atoms with Crippen LogP contribution in [-0.4, -0.2) is 75.1 Å². The minimum absolute atomic E-state index is 0.0851. The first-order valence-corrected chi connectivity index (χ1v) is 18.6. The first-order chi connectivity index (χ1) is 26.2. The second-order valence-electron chi connectivity index (χ2n) is 15.4. The van der Waals surface area contributed by atoms with E-state index in [0.717, 1.165) is 24.0 Å². The molecule has 0 radical (unpaired) electrons. The quantitative estimate of drug-likeness (QED) is 0.133. The summed E-state index contributed by atoms with van der Waals surface area (Å²) in [6.45, 7) is 11.7. The molecule has 3 aromatic carbocycles. The van der Waals surface area contributed by atoms with Crippen molar-refractivity contribution in [3.05, 3.63) is 109 Å². The molecule has 13 nitrogen and oxygen atoms in total. The number of nitrogens with one attached hydrogen (secondary N) is 3. The molecule has 0 spiro atoms. The standard InChI is InChI=1S/C42H52N6O7/c1-29-21-23-47(24-22-29)38(50)36(31-17-19-33(20-18-31)54-32-15-11-8-12-16-32)48-25-35(43-28-48)45-37(49)34(27-53-26-30-13-9-7-10-14-30)44-39(51)42(5,6)46-40(52)55-41(2,3)4/h7-20,25,28-29,34,36H,21-24,26-27H2,1-6H3,(H,44,51)(H,45,49)(H,46,52)/t34-,36?/m1/s1. The number of anilines is 1. The van der Waals surface area contributed by atoms with Crippen molar-refractivity contribution < 1.29 is 33.4 Å². The van der Waals surface area contributed by atoms with E-state index in [1.54, 1.807) is 31.5 Å². The van der Waals surface area contributed by atoms with Crippen LogP contribution in [-0.2, 0) is 30.5 Å². The number of para-hydroxylation sites is 1. The summed E-state index contributed by atoms with van der Waals surface area (Å²) in [6, 6.07) is 24.3. The monoisotopic (exact) mass is 752 g/mol. The molecule has 1 saturated heterocycles. The van der Waals surface area contributed by atoms with Crippen LogP contribution in [0.5, 0.6) is 11.5 Å². The van der Waals surface area contributed by atoms with Gasteiger partial charge in [0.1, 0.15) is 34.7 Å². The number of rotatable bonds is 14. The van der Waals surface area contributed by atoms with Crippen LogP contribution in [0.15, 0.2) is 97.5 Å². The minimum atomic E-state index is -1.44. The van der Waals surface area contributed by atoms with Crippen molar-refractivity contribution in [3.63, 3.8) is 0 Å². The van der Waals surface area contributed by atoms with Gasteiger partial charge in [0, 0.05) is 19.3 Å². The molecule has 4 amide bonds. The van der Waals surface area contributed by atoms with Gasteiger partial charge in [0.25, 0.3) is 5.91 Å². The van der Waals surface area contributed by atoms with Crippen molar-refractivity contribution in [1.29, 1.82) is 0 Å². The van der Waals surface area contributed by atoms with Gasteiger partial charge in [0.05, 0.1) is 19.5 Å². The molecule has 4 aromatic rings. The molecule has 3 N–H and O–H groups in total. The van der Waals surface area contributed by atoms with Crippen LogP contribution in [0.1, 0.15) is 71.6 Å². The Labute approximate surface area is 322 Å². The fraction of sp³-hybridized carbons (Fsp3) is 0.405. The van der Waals surface area contributed by atoms with E-state index in [1.165, 1.54) is 20.2 Å². The van der Waals surface area contributed by atoms with Crippen LogP contribution in [0.25, 0.3) is 0 Å². The summed E-state index contributed by atoms with van der Waals surface area (Å²) in [5.41, 5.74) is -0.608. The third-order valence-corrected chi connectivity index (χ3v) is 9.05. The number of carbonyl (C=O) groups is 4. The van der Waals surface area contributed by atoms with Crippen molar-refractivity contribution in [2.24, 2.45) is 5.92 Å². The predicted octanol–water partition coefficient (Wildman–Crippen LogP) is 6.47. The van der Waals surface area contributed by atoms with Gasteiger partial charge < -0.3 is 39.6 Å². The molecule has 1 fully saturated rings. The summed E-state index contributed by atoms with van der Waals surface area (Å²) in [6.07, 6.45) is 4.15. The molecule has 2 atom stereocenters. The van der Waals surface area contributed by atoms with E-state index in [4.69, 9.17) is 14.2 Å². The van der Waals surface area contributed by atoms with Crippen LogP contribution in [0, 0.1) is 5.92 Å². The number of piperidine rings is 1. The van der Waals surface area contributed by atoms with Crippen LogP contribution in [0.3, 0.4) is 0 Å². The Balaban J connectivity index is 1.34. The molecule has 292 valence electrons. The Kier molecular flexibility index (Phi) is 13.3. The van der Waals surface area contributed by atoms with Crippen molar-refractivity contribution in [3.8, 4) is 11.5 Å². The average Bonchev–Trinajstić information content (AvgIpc) is 3.59. The smallest absolute Gasteiger partial charge is 0.408 e. The lowest BCUT2D eigenvalue weighted by atomic mass is 9.97. The van der Waals surface area contributed by atoms with Gasteiger partial charge in [-0.15, -0.1) is 0 Å². The number of benzene rings is 3. The summed E-state index contributed by atoms with van der Waals surface area (Å²) < 4.78 is 18.9. The first-order valence-electron chi connectivity index (χ1n) is 18.6. The van der Waals surface area contributed by atoms with Crippen molar-refractivity contribution in [2.45, 2.75) is 84.2 Å². The molecular formula is C42H52N6O7. The molecular weight excluding hydrogens is 700 g/mol. The predicted molar refractivity (Wildman–Crippen MR) is 208 cm³/mol. The Morgan fingerprint density at radius 1 is 0.855 bits per heavy atom. The molecule has 55 heavy (non-hydrogen) atoms. The summed E-state index contributed by atoms with van der Waals surface area (Å²) >= 11 is 0. The third kappa shape index (κ3) is 11.9. The average molecular weight is 753 g/mol. The maximum atomic E-state index is 14.2. The Hall–Kier alpha value is -5.69. The highest BCUT2D eigenvalue weighted by Crippen LogP contribution is 2.29. The molecule has 13 heteroatoms. The highest BCUT2D eigenvalue weighted by atomic mass is 16.6.